The van der Waals surface area contributed by atoms with Crippen molar-refractivity contribution in [1.82, 2.24) is 9.78 Å². The third-order valence-electron chi connectivity index (χ3n) is 6.15. The van der Waals surface area contributed by atoms with Crippen LogP contribution in [0.4, 0.5) is 21.6 Å². The van der Waals surface area contributed by atoms with Crippen LogP contribution in [-0.2, 0) is 6.54 Å². The van der Waals surface area contributed by atoms with E-state index in [-0.39, 0.29) is 29.6 Å². The number of nitrogens with zero attached hydrogens (tertiary/aromatic N) is 4. The van der Waals surface area contributed by atoms with Gasteiger partial charge in [-0.15, -0.1) is 0 Å². The Morgan fingerprint density at radius 3 is 2.33 bits per heavy atom. The molecule has 1 saturated heterocycles. The number of hydrogen-bond acceptors (Lipinski definition) is 6. The fourth-order valence-corrected chi connectivity index (χ4v) is 4.13. The highest BCUT2D eigenvalue weighted by atomic mass is 19.1. The fourth-order valence-electron chi connectivity index (χ4n) is 4.13. The zero-order valence-electron chi connectivity index (χ0n) is 19.9. The second-order valence-corrected chi connectivity index (χ2v) is 8.72. The minimum atomic E-state index is -0.363. The topological polar surface area (TPSA) is 83.6 Å². The van der Waals surface area contributed by atoms with Crippen LogP contribution in [0, 0.1) is 12.7 Å². The summed E-state index contributed by atoms with van der Waals surface area (Å²) in [7, 11) is 0. The quantitative estimate of drug-likeness (QED) is 0.444. The lowest BCUT2D eigenvalue weighted by Gasteiger charge is -2.36. The summed E-state index contributed by atoms with van der Waals surface area (Å²) >= 11 is 0. The Balaban J connectivity index is 1.23. The van der Waals surface area contributed by atoms with Crippen molar-refractivity contribution in [1.29, 1.82) is 0 Å². The Labute approximate surface area is 207 Å². The van der Waals surface area contributed by atoms with Crippen molar-refractivity contribution in [3.8, 4) is 0 Å². The smallest absolute Gasteiger partial charge is 0.291 e. The number of anilines is 3. The molecular weight excluding hydrogens is 461 g/mol. The average Bonchev–Trinajstić information content (AvgIpc) is 3.36. The second-order valence-electron chi connectivity index (χ2n) is 8.72. The van der Waals surface area contributed by atoms with E-state index in [1.54, 1.807) is 30.3 Å². The Bertz CT molecular complexity index is 1400. The van der Waals surface area contributed by atoms with Crippen LogP contribution in [0.25, 0.3) is 0 Å². The van der Waals surface area contributed by atoms with Gasteiger partial charge in [-0.05, 0) is 61.5 Å². The van der Waals surface area contributed by atoms with E-state index in [1.165, 1.54) is 22.9 Å². The number of aromatic nitrogens is 2. The third kappa shape index (κ3) is 5.30. The van der Waals surface area contributed by atoms with Crippen molar-refractivity contribution in [2.75, 3.05) is 41.3 Å². The molecule has 2 aromatic heterocycles. The van der Waals surface area contributed by atoms with Crippen LogP contribution in [0.1, 0.15) is 21.9 Å². The van der Waals surface area contributed by atoms with E-state index in [9.17, 15) is 14.0 Å². The van der Waals surface area contributed by atoms with Crippen LogP contribution in [0.2, 0.25) is 0 Å². The molecule has 8 nitrogen and oxygen atoms in total. The molecular formula is C27H26FN5O3. The van der Waals surface area contributed by atoms with Crippen LogP contribution in [0.3, 0.4) is 0 Å². The maximum Gasteiger partial charge on any atom is 0.291 e. The maximum absolute atomic E-state index is 13.2. The summed E-state index contributed by atoms with van der Waals surface area (Å²) in [6, 6.07) is 20.4. The highest BCUT2D eigenvalue weighted by Gasteiger charge is 2.20. The molecule has 2 aromatic carbocycles. The van der Waals surface area contributed by atoms with Gasteiger partial charge < -0.3 is 19.5 Å². The molecule has 0 spiro atoms. The Kier molecular flexibility index (Phi) is 6.53. The molecule has 1 fully saturated rings. The minimum Gasteiger partial charge on any atom is -0.454 e. The molecule has 1 amide bonds. The van der Waals surface area contributed by atoms with Crippen LogP contribution in [0.15, 0.2) is 82.0 Å². The lowest BCUT2D eigenvalue weighted by atomic mass is 10.2. The first-order valence-corrected chi connectivity index (χ1v) is 11.7. The number of carbonyl (C=O) groups is 1. The first kappa shape index (κ1) is 23.3. The van der Waals surface area contributed by atoms with E-state index >= 15 is 0 Å². The van der Waals surface area contributed by atoms with Gasteiger partial charge in [0.1, 0.15) is 23.9 Å². The molecule has 0 radical (unpaired) electrons. The van der Waals surface area contributed by atoms with Gasteiger partial charge in [-0.25, -0.2) is 9.07 Å². The zero-order chi connectivity index (χ0) is 25.1. The van der Waals surface area contributed by atoms with Crippen LogP contribution < -0.4 is 20.7 Å². The standard InChI is InChI=1S/C27H26FN5O3/c1-19-2-6-21(7-3-19)29-27(35)24-11-10-23(36-24)18-33-26(34)13-12-25(30-33)32-16-14-31(15-17-32)22-8-4-20(28)5-9-22/h2-13H,14-18H2,1H3,(H,29,35). The summed E-state index contributed by atoms with van der Waals surface area (Å²) < 4.78 is 20.2. The monoisotopic (exact) mass is 487 g/mol. The number of nitrogens with one attached hydrogen (secondary N) is 1. The summed E-state index contributed by atoms with van der Waals surface area (Å²) in [6.45, 7) is 5.02. The zero-order valence-corrected chi connectivity index (χ0v) is 19.9. The molecule has 1 N–H and O–H groups in total. The van der Waals surface area contributed by atoms with E-state index in [4.69, 9.17) is 4.42 Å². The van der Waals surface area contributed by atoms with Gasteiger partial charge in [0.25, 0.3) is 11.5 Å². The SMILES string of the molecule is Cc1ccc(NC(=O)c2ccc(Cn3nc(N4CCN(c5ccc(F)cc5)CC4)ccc3=O)o2)cc1. The molecule has 9 heteroatoms. The van der Waals surface area contributed by atoms with E-state index in [2.05, 4.69) is 20.2 Å². The predicted molar refractivity (Wildman–Crippen MR) is 136 cm³/mol. The first-order chi connectivity index (χ1) is 17.4. The van der Waals surface area contributed by atoms with Gasteiger partial charge in [0.15, 0.2) is 5.76 Å². The number of halogens is 1. The Morgan fingerprint density at radius 1 is 0.917 bits per heavy atom. The molecule has 3 heterocycles. The van der Waals surface area contributed by atoms with Crippen molar-refractivity contribution in [3.05, 3.63) is 106 Å². The molecule has 1 aliphatic rings. The van der Waals surface area contributed by atoms with E-state index in [0.29, 0.717) is 30.4 Å². The molecule has 4 aromatic rings. The molecule has 1 aliphatic heterocycles. The molecule has 184 valence electrons. The Hall–Kier alpha value is -4.40. The second kappa shape index (κ2) is 10.1. The maximum atomic E-state index is 13.2. The lowest BCUT2D eigenvalue weighted by Crippen LogP contribution is -2.47. The van der Waals surface area contributed by atoms with E-state index < -0.39 is 0 Å². The number of rotatable bonds is 6. The molecule has 0 unspecified atom stereocenters. The number of hydrogen-bond donors (Lipinski definition) is 1. The summed E-state index contributed by atoms with van der Waals surface area (Å²) in [6.07, 6.45) is 0. The van der Waals surface area contributed by atoms with Crippen LogP contribution in [-0.4, -0.2) is 41.9 Å². The lowest BCUT2D eigenvalue weighted by molar-refractivity contribution is 0.0994. The summed E-state index contributed by atoms with van der Waals surface area (Å²) in [5.74, 6) is 0.693. The molecule has 0 saturated carbocycles. The number of benzene rings is 2. The highest BCUT2D eigenvalue weighted by Crippen LogP contribution is 2.19. The normalized spacial score (nSPS) is 13.6. The van der Waals surface area contributed by atoms with E-state index in [1.807, 2.05) is 31.2 Å². The summed E-state index contributed by atoms with van der Waals surface area (Å²) in [5.41, 5.74) is 2.50. The van der Waals surface area contributed by atoms with Crippen LogP contribution >= 0.6 is 0 Å². The number of piperazine rings is 1. The van der Waals surface area contributed by atoms with Gasteiger partial charge in [-0.1, -0.05) is 17.7 Å². The minimum absolute atomic E-state index is 0.111. The summed E-state index contributed by atoms with van der Waals surface area (Å²) in [5, 5.41) is 7.33. The first-order valence-electron chi connectivity index (χ1n) is 11.7. The molecule has 0 bridgehead atoms. The largest absolute Gasteiger partial charge is 0.454 e. The third-order valence-corrected chi connectivity index (χ3v) is 6.15. The number of amides is 1. The van der Waals surface area contributed by atoms with Gasteiger partial charge in [0.2, 0.25) is 0 Å². The van der Waals surface area contributed by atoms with Gasteiger partial charge >= 0.3 is 0 Å². The number of aryl methyl sites for hydroxylation is 1. The number of furan rings is 1. The molecule has 0 aliphatic carbocycles. The predicted octanol–water partition coefficient (Wildman–Crippen LogP) is 3.91. The van der Waals surface area contributed by atoms with Crippen molar-refractivity contribution < 1.29 is 13.6 Å². The fraction of sp³-hybridized carbons (Fsp3) is 0.222. The van der Waals surface area contributed by atoms with Gasteiger partial charge in [-0.2, -0.15) is 5.10 Å². The average molecular weight is 488 g/mol. The van der Waals surface area contributed by atoms with Gasteiger partial charge in [-0.3, -0.25) is 9.59 Å². The summed E-state index contributed by atoms with van der Waals surface area (Å²) in [4.78, 5) is 29.3. The highest BCUT2D eigenvalue weighted by molar-refractivity contribution is 6.02. The van der Waals surface area contributed by atoms with Gasteiger partial charge in [0, 0.05) is 43.6 Å². The van der Waals surface area contributed by atoms with Crippen molar-refractivity contribution >= 4 is 23.1 Å². The molecule has 36 heavy (non-hydrogen) atoms. The Morgan fingerprint density at radius 2 is 1.61 bits per heavy atom. The van der Waals surface area contributed by atoms with Crippen molar-refractivity contribution in [2.24, 2.45) is 0 Å². The number of carbonyl (C=O) groups excluding carboxylic acids is 1. The van der Waals surface area contributed by atoms with Gasteiger partial charge in [0.05, 0.1) is 0 Å². The van der Waals surface area contributed by atoms with Crippen molar-refractivity contribution in [2.45, 2.75) is 13.5 Å². The molecule has 5 rings (SSSR count). The molecule has 0 atom stereocenters. The van der Waals surface area contributed by atoms with Crippen LogP contribution in [0.5, 0.6) is 0 Å². The van der Waals surface area contributed by atoms with E-state index in [0.717, 1.165) is 24.3 Å². The van der Waals surface area contributed by atoms with Crippen molar-refractivity contribution in [3.63, 3.8) is 0 Å².